The standard InChI is InChI=1S/C16H20O4/c1-11-7-13(20-10-11)6-5-12-8-14(17-2)16(19-4)15(9-12)18-3/h5-9,13H,10H2,1-4H3/b6-5-. The van der Waals surface area contributed by atoms with E-state index in [2.05, 4.69) is 13.0 Å². The lowest BCUT2D eigenvalue weighted by molar-refractivity contribution is 0.159. The Morgan fingerprint density at radius 2 is 1.75 bits per heavy atom. The monoisotopic (exact) mass is 276 g/mol. The van der Waals surface area contributed by atoms with Crippen molar-refractivity contribution in [3.63, 3.8) is 0 Å². The first-order valence-corrected chi connectivity index (χ1v) is 6.45. The van der Waals surface area contributed by atoms with Gasteiger partial charge in [-0.25, -0.2) is 0 Å². The number of hydrogen-bond donors (Lipinski definition) is 0. The number of ether oxygens (including phenoxy) is 4. The van der Waals surface area contributed by atoms with E-state index in [1.54, 1.807) is 21.3 Å². The minimum Gasteiger partial charge on any atom is -0.493 e. The Morgan fingerprint density at radius 3 is 2.20 bits per heavy atom. The van der Waals surface area contributed by atoms with E-state index in [9.17, 15) is 0 Å². The summed E-state index contributed by atoms with van der Waals surface area (Å²) in [6.07, 6.45) is 6.14. The molecular weight excluding hydrogens is 256 g/mol. The summed E-state index contributed by atoms with van der Waals surface area (Å²) < 4.78 is 21.5. The Labute approximate surface area is 119 Å². The third-order valence-corrected chi connectivity index (χ3v) is 3.12. The molecule has 4 nitrogen and oxygen atoms in total. The Morgan fingerprint density at radius 1 is 1.10 bits per heavy atom. The molecule has 0 spiro atoms. The summed E-state index contributed by atoms with van der Waals surface area (Å²) in [6, 6.07) is 3.81. The second-order valence-corrected chi connectivity index (χ2v) is 4.61. The fourth-order valence-corrected chi connectivity index (χ4v) is 2.12. The van der Waals surface area contributed by atoms with E-state index in [4.69, 9.17) is 18.9 Å². The molecule has 4 heteroatoms. The molecule has 1 aliphatic rings. The Hall–Kier alpha value is -1.94. The molecule has 20 heavy (non-hydrogen) atoms. The van der Waals surface area contributed by atoms with Gasteiger partial charge < -0.3 is 18.9 Å². The number of methoxy groups -OCH3 is 3. The molecule has 1 heterocycles. The van der Waals surface area contributed by atoms with E-state index in [-0.39, 0.29) is 6.10 Å². The molecule has 2 rings (SSSR count). The molecule has 0 aliphatic carbocycles. The molecule has 0 amide bonds. The van der Waals surface area contributed by atoms with Crippen LogP contribution in [-0.2, 0) is 4.74 Å². The van der Waals surface area contributed by atoms with Gasteiger partial charge in [0, 0.05) is 0 Å². The van der Waals surface area contributed by atoms with Gasteiger partial charge in [-0.15, -0.1) is 0 Å². The van der Waals surface area contributed by atoms with Crippen molar-refractivity contribution in [3.05, 3.63) is 35.4 Å². The van der Waals surface area contributed by atoms with Crippen molar-refractivity contribution in [1.29, 1.82) is 0 Å². The average Bonchev–Trinajstić information content (AvgIpc) is 2.89. The molecule has 0 saturated carbocycles. The summed E-state index contributed by atoms with van der Waals surface area (Å²) in [7, 11) is 4.81. The van der Waals surface area contributed by atoms with Gasteiger partial charge in [0.1, 0.15) is 0 Å². The molecule has 1 aliphatic heterocycles. The Bertz CT molecular complexity index is 506. The second kappa shape index (κ2) is 6.48. The molecule has 1 aromatic rings. The van der Waals surface area contributed by atoms with Crippen molar-refractivity contribution in [2.45, 2.75) is 13.0 Å². The smallest absolute Gasteiger partial charge is 0.203 e. The molecule has 0 aromatic heterocycles. The van der Waals surface area contributed by atoms with Gasteiger partial charge in [-0.3, -0.25) is 0 Å². The van der Waals surface area contributed by atoms with Gasteiger partial charge in [-0.05, 0) is 30.2 Å². The van der Waals surface area contributed by atoms with Gasteiger partial charge in [-0.2, -0.15) is 0 Å². The van der Waals surface area contributed by atoms with Crippen LogP contribution in [0.25, 0.3) is 6.08 Å². The lowest BCUT2D eigenvalue weighted by atomic mass is 10.1. The van der Waals surface area contributed by atoms with E-state index >= 15 is 0 Å². The van der Waals surface area contributed by atoms with Crippen molar-refractivity contribution in [3.8, 4) is 17.2 Å². The van der Waals surface area contributed by atoms with Gasteiger partial charge in [-0.1, -0.05) is 18.2 Å². The quantitative estimate of drug-likeness (QED) is 0.774. The zero-order valence-electron chi connectivity index (χ0n) is 12.3. The highest BCUT2D eigenvalue weighted by molar-refractivity contribution is 5.62. The molecule has 0 radical (unpaired) electrons. The third-order valence-electron chi connectivity index (χ3n) is 3.12. The molecule has 0 fully saturated rings. The summed E-state index contributed by atoms with van der Waals surface area (Å²) in [4.78, 5) is 0. The van der Waals surface area contributed by atoms with Crippen molar-refractivity contribution in [2.75, 3.05) is 27.9 Å². The van der Waals surface area contributed by atoms with Crippen molar-refractivity contribution in [2.24, 2.45) is 0 Å². The maximum atomic E-state index is 5.58. The normalized spacial score (nSPS) is 18.2. The van der Waals surface area contributed by atoms with Crippen LogP contribution in [0, 0.1) is 0 Å². The van der Waals surface area contributed by atoms with Crippen LogP contribution in [0.3, 0.4) is 0 Å². The van der Waals surface area contributed by atoms with Gasteiger partial charge >= 0.3 is 0 Å². The highest BCUT2D eigenvalue weighted by Gasteiger charge is 2.13. The third kappa shape index (κ3) is 3.14. The number of rotatable bonds is 5. The summed E-state index contributed by atoms with van der Waals surface area (Å²) in [5.41, 5.74) is 2.23. The fraction of sp³-hybridized carbons (Fsp3) is 0.375. The van der Waals surface area contributed by atoms with Crippen LogP contribution in [0.2, 0.25) is 0 Å². The topological polar surface area (TPSA) is 36.9 Å². The first-order valence-electron chi connectivity index (χ1n) is 6.45. The predicted octanol–water partition coefficient (Wildman–Crippen LogP) is 3.07. The zero-order valence-corrected chi connectivity index (χ0v) is 12.3. The van der Waals surface area contributed by atoms with E-state index in [1.165, 1.54) is 5.57 Å². The minimum atomic E-state index is 0.0362. The number of hydrogen-bond acceptors (Lipinski definition) is 4. The van der Waals surface area contributed by atoms with Gasteiger partial charge in [0.05, 0.1) is 34.0 Å². The van der Waals surface area contributed by atoms with E-state index in [0.717, 1.165) is 5.56 Å². The highest BCUT2D eigenvalue weighted by Crippen LogP contribution is 2.38. The van der Waals surface area contributed by atoms with Gasteiger partial charge in [0.2, 0.25) is 5.75 Å². The van der Waals surface area contributed by atoms with Gasteiger partial charge in [0.25, 0.3) is 0 Å². The minimum absolute atomic E-state index is 0.0362. The SMILES string of the molecule is COc1cc(/C=C\C2C=C(C)CO2)cc(OC)c1OC. The zero-order chi connectivity index (χ0) is 14.5. The van der Waals surface area contributed by atoms with Crippen molar-refractivity contribution in [1.82, 2.24) is 0 Å². The maximum Gasteiger partial charge on any atom is 0.203 e. The first-order chi connectivity index (χ1) is 9.67. The molecular formula is C16H20O4. The number of benzene rings is 1. The van der Waals surface area contributed by atoms with E-state index in [1.807, 2.05) is 24.3 Å². The summed E-state index contributed by atoms with van der Waals surface area (Å²) >= 11 is 0. The van der Waals surface area contributed by atoms with Crippen LogP contribution in [0.4, 0.5) is 0 Å². The second-order valence-electron chi connectivity index (χ2n) is 4.61. The molecule has 1 unspecified atom stereocenters. The van der Waals surface area contributed by atoms with Crippen LogP contribution in [-0.4, -0.2) is 34.0 Å². The molecule has 0 bridgehead atoms. The van der Waals surface area contributed by atoms with Crippen LogP contribution in [0.5, 0.6) is 17.2 Å². The summed E-state index contributed by atoms with van der Waals surface area (Å²) in [5.74, 6) is 1.89. The molecule has 1 atom stereocenters. The Balaban J connectivity index is 2.26. The maximum absolute atomic E-state index is 5.58. The van der Waals surface area contributed by atoms with Crippen molar-refractivity contribution >= 4 is 6.08 Å². The molecule has 1 aromatic carbocycles. The van der Waals surface area contributed by atoms with Crippen LogP contribution in [0.1, 0.15) is 12.5 Å². The molecule has 0 saturated heterocycles. The molecule has 0 N–H and O–H groups in total. The molecule has 108 valence electrons. The lowest BCUT2D eigenvalue weighted by Crippen LogP contribution is -1.99. The fourth-order valence-electron chi connectivity index (χ4n) is 2.12. The van der Waals surface area contributed by atoms with Crippen LogP contribution < -0.4 is 14.2 Å². The predicted molar refractivity (Wildman–Crippen MR) is 78.6 cm³/mol. The summed E-state index contributed by atoms with van der Waals surface area (Å²) in [5, 5.41) is 0. The first kappa shape index (κ1) is 14.5. The van der Waals surface area contributed by atoms with E-state index in [0.29, 0.717) is 23.9 Å². The average molecular weight is 276 g/mol. The van der Waals surface area contributed by atoms with Crippen LogP contribution in [0.15, 0.2) is 29.9 Å². The van der Waals surface area contributed by atoms with Crippen LogP contribution >= 0.6 is 0 Å². The highest BCUT2D eigenvalue weighted by atomic mass is 16.5. The van der Waals surface area contributed by atoms with Crippen molar-refractivity contribution < 1.29 is 18.9 Å². The van der Waals surface area contributed by atoms with Gasteiger partial charge in [0.15, 0.2) is 11.5 Å². The lowest BCUT2D eigenvalue weighted by Gasteiger charge is -2.13. The largest absolute Gasteiger partial charge is 0.493 e. The Kier molecular flexibility index (Phi) is 4.69. The van der Waals surface area contributed by atoms with E-state index < -0.39 is 0 Å². The summed E-state index contributed by atoms with van der Waals surface area (Å²) in [6.45, 7) is 2.76.